The molecular weight excluding hydrogens is 260 g/mol. The summed E-state index contributed by atoms with van der Waals surface area (Å²) in [6, 6.07) is 3.35. The average molecular weight is 278 g/mol. The number of hydrogen-bond donors (Lipinski definition) is 1. The van der Waals surface area contributed by atoms with Crippen molar-refractivity contribution < 1.29 is 19.4 Å². The van der Waals surface area contributed by atoms with Crippen molar-refractivity contribution in [3.05, 3.63) is 23.9 Å². The number of carboxylic acids is 1. The molecule has 1 N–H and O–H groups in total. The summed E-state index contributed by atoms with van der Waals surface area (Å²) < 4.78 is 4.95. The van der Waals surface area contributed by atoms with E-state index in [0.29, 0.717) is 31.0 Å². The first-order valence-corrected chi connectivity index (χ1v) is 6.61. The van der Waals surface area contributed by atoms with Crippen LogP contribution in [0.15, 0.2) is 18.3 Å². The van der Waals surface area contributed by atoms with E-state index in [1.165, 1.54) is 13.3 Å². The molecule has 0 spiro atoms. The van der Waals surface area contributed by atoms with Gasteiger partial charge in [0.25, 0.3) is 5.91 Å². The summed E-state index contributed by atoms with van der Waals surface area (Å²) in [6.07, 6.45) is 3.16. The fourth-order valence-electron chi connectivity index (χ4n) is 2.39. The third-order valence-corrected chi connectivity index (χ3v) is 3.53. The molecule has 0 aromatic carbocycles. The van der Waals surface area contributed by atoms with Crippen molar-refractivity contribution in [1.29, 1.82) is 0 Å². The number of pyridine rings is 1. The Kier molecular flexibility index (Phi) is 4.55. The highest BCUT2D eigenvalue weighted by atomic mass is 16.5. The number of rotatable bonds is 5. The van der Waals surface area contributed by atoms with Gasteiger partial charge >= 0.3 is 5.97 Å². The summed E-state index contributed by atoms with van der Waals surface area (Å²) in [5, 5.41) is 8.68. The van der Waals surface area contributed by atoms with Crippen LogP contribution in [0.4, 0.5) is 0 Å². The van der Waals surface area contributed by atoms with Crippen molar-refractivity contribution in [2.24, 2.45) is 5.92 Å². The minimum absolute atomic E-state index is 0.0574. The highest BCUT2D eigenvalue weighted by Crippen LogP contribution is 2.22. The van der Waals surface area contributed by atoms with Crippen molar-refractivity contribution in [1.82, 2.24) is 9.88 Å². The maximum absolute atomic E-state index is 12.3. The van der Waals surface area contributed by atoms with Gasteiger partial charge < -0.3 is 14.7 Å². The lowest BCUT2D eigenvalue weighted by atomic mass is 10.0. The highest BCUT2D eigenvalue weighted by molar-refractivity contribution is 5.94. The zero-order valence-corrected chi connectivity index (χ0v) is 11.4. The monoisotopic (exact) mass is 278 g/mol. The molecule has 0 radical (unpaired) electrons. The van der Waals surface area contributed by atoms with Crippen LogP contribution in [-0.4, -0.2) is 47.1 Å². The number of nitrogens with zero attached hydrogens (tertiary/aromatic N) is 2. The molecule has 20 heavy (non-hydrogen) atoms. The first-order valence-electron chi connectivity index (χ1n) is 6.61. The Morgan fingerprint density at radius 2 is 2.30 bits per heavy atom. The number of amides is 1. The van der Waals surface area contributed by atoms with Crippen molar-refractivity contribution >= 4 is 11.9 Å². The summed E-state index contributed by atoms with van der Waals surface area (Å²) in [6.45, 7) is 1.30. The molecule has 1 aromatic heterocycles. The largest absolute Gasteiger partial charge is 0.481 e. The Bertz CT molecular complexity index is 486. The second kappa shape index (κ2) is 6.36. The normalized spacial score (nSPS) is 18.1. The van der Waals surface area contributed by atoms with Gasteiger partial charge in [0, 0.05) is 31.8 Å². The maximum atomic E-state index is 12.3. The first kappa shape index (κ1) is 14.3. The van der Waals surface area contributed by atoms with Crippen LogP contribution in [0.25, 0.3) is 0 Å². The number of ether oxygens (including phenoxy) is 1. The lowest BCUT2D eigenvalue weighted by molar-refractivity contribution is -0.137. The van der Waals surface area contributed by atoms with E-state index in [2.05, 4.69) is 4.98 Å². The van der Waals surface area contributed by atoms with E-state index in [9.17, 15) is 9.59 Å². The molecule has 0 saturated carbocycles. The van der Waals surface area contributed by atoms with Crippen LogP contribution >= 0.6 is 0 Å². The molecule has 1 aliphatic heterocycles. The second-order valence-corrected chi connectivity index (χ2v) is 4.93. The van der Waals surface area contributed by atoms with Gasteiger partial charge in [-0.15, -0.1) is 0 Å². The van der Waals surface area contributed by atoms with E-state index >= 15 is 0 Å². The minimum Gasteiger partial charge on any atom is -0.481 e. The van der Waals surface area contributed by atoms with Crippen molar-refractivity contribution in [2.75, 3.05) is 20.2 Å². The quantitative estimate of drug-likeness (QED) is 0.881. The number of aromatic nitrogens is 1. The summed E-state index contributed by atoms with van der Waals surface area (Å²) in [7, 11) is 1.53. The fourth-order valence-corrected chi connectivity index (χ4v) is 2.39. The molecule has 1 unspecified atom stereocenters. The van der Waals surface area contributed by atoms with Crippen LogP contribution in [0.5, 0.6) is 5.88 Å². The van der Waals surface area contributed by atoms with Gasteiger partial charge in [0.15, 0.2) is 0 Å². The van der Waals surface area contributed by atoms with Crippen LogP contribution in [0.1, 0.15) is 29.6 Å². The Labute approximate surface area is 117 Å². The first-order chi connectivity index (χ1) is 9.60. The molecule has 0 bridgehead atoms. The summed E-state index contributed by atoms with van der Waals surface area (Å²) in [5.41, 5.74) is 0.532. The number of aliphatic carboxylic acids is 1. The second-order valence-electron chi connectivity index (χ2n) is 4.93. The molecule has 1 fully saturated rings. The van der Waals surface area contributed by atoms with E-state index in [4.69, 9.17) is 9.84 Å². The zero-order chi connectivity index (χ0) is 14.5. The molecule has 2 rings (SSSR count). The number of carbonyl (C=O) groups is 2. The molecule has 1 amide bonds. The van der Waals surface area contributed by atoms with Gasteiger partial charge in [0.1, 0.15) is 0 Å². The van der Waals surface area contributed by atoms with Gasteiger partial charge in [0.2, 0.25) is 5.88 Å². The van der Waals surface area contributed by atoms with E-state index in [1.807, 2.05) is 0 Å². The zero-order valence-electron chi connectivity index (χ0n) is 11.4. The Morgan fingerprint density at radius 3 is 2.90 bits per heavy atom. The molecule has 108 valence electrons. The third kappa shape index (κ3) is 3.46. The summed E-state index contributed by atoms with van der Waals surface area (Å²) in [5.74, 6) is -0.0873. The van der Waals surface area contributed by atoms with Gasteiger partial charge in [0.05, 0.1) is 12.7 Å². The Morgan fingerprint density at radius 1 is 1.50 bits per heavy atom. The van der Waals surface area contributed by atoms with E-state index in [0.717, 1.165) is 6.42 Å². The minimum atomic E-state index is -0.783. The molecule has 1 atom stereocenters. The molecular formula is C14H18N2O4. The van der Waals surface area contributed by atoms with E-state index < -0.39 is 5.97 Å². The van der Waals surface area contributed by atoms with Crippen LogP contribution in [0, 0.1) is 5.92 Å². The number of likely N-dealkylation sites (tertiary alicyclic amines) is 1. The van der Waals surface area contributed by atoms with Gasteiger partial charge in [-0.1, -0.05) is 0 Å². The van der Waals surface area contributed by atoms with Gasteiger partial charge in [-0.3, -0.25) is 9.59 Å². The molecule has 1 aliphatic rings. The predicted octanol–water partition coefficient (Wildman–Crippen LogP) is 1.42. The third-order valence-electron chi connectivity index (χ3n) is 3.53. The standard InChI is InChI=1S/C14H18N2O4/c1-20-12-4-3-11(8-15-12)14(19)16-7-6-10(9-16)2-5-13(17)18/h3-4,8,10H,2,5-7,9H2,1H3,(H,17,18). The number of carboxylic acid groups (broad SMARTS) is 1. The lowest BCUT2D eigenvalue weighted by Crippen LogP contribution is -2.28. The summed E-state index contributed by atoms with van der Waals surface area (Å²) in [4.78, 5) is 28.6. The highest BCUT2D eigenvalue weighted by Gasteiger charge is 2.27. The van der Waals surface area contributed by atoms with Crippen molar-refractivity contribution in [2.45, 2.75) is 19.3 Å². The number of methoxy groups -OCH3 is 1. The summed E-state index contributed by atoms with van der Waals surface area (Å²) >= 11 is 0. The molecule has 2 heterocycles. The smallest absolute Gasteiger partial charge is 0.303 e. The van der Waals surface area contributed by atoms with Gasteiger partial charge in [-0.25, -0.2) is 4.98 Å². The Balaban J connectivity index is 1.91. The van der Waals surface area contributed by atoms with Crippen LogP contribution in [-0.2, 0) is 4.79 Å². The van der Waals surface area contributed by atoms with E-state index in [-0.39, 0.29) is 18.2 Å². The van der Waals surface area contributed by atoms with Crippen LogP contribution in [0.3, 0.4) is 0 Å². The average Bonchev–Trinajstić information content (AvgIpc) is 2.93. The lowest BCUT2D eigenvalue weighted by Gasteiger charge is -2.16. The van der Waals surface area contributed by atoms with Gasteiger partial charge in [-0.2, -0.15) is 0 Å². The SMILES string of the molecule is COc1ccc(C(=O)N2CCC(CCC(=O)O)C2)cn1. The van der Waals surface area contributed by atoms with Crippen LogP contribution in [0.2, 0.25) is 0 Å². The number of hydrogen-bond acceptors (Lipinski definition) is 4. The molecule has 0 aliphatic carbocycles. The maximum Gasteiger partial charge on any atom is 0.303 e. The van der Waals surface area contributed by atoms with E-state index in [1.54, 1.807) is 17.0 Å². The Hall–Kier alpha value is -2.11. The number of carbonyl (C=O) groups excluding carboxylic acids is 1. The van der Waals surface area contributed by atoms with Gasteiger partial charge in [-0.05, 0) is 24.8 Å². The molecule has 1 aromatic rings. The molecule has 1 saturated heterocycles. The fraction of sp³-hybridized carbons (Fsp3) is 0.500. The topological polar surface area (TPSA) is 79.7 Å². The van der Waals surface area contributed by atoms with Crippen molar-refractivity contribution in [3.63, 3.8) is 0 Å². The molecule has 6 nitrogen and oxygen atoms in total. The van der Waals surface area contributed by atoms with Crippen LogP contribution < -0.4 is 4.74 Å². The van der Waals surface area contributed by atoms with Crippen molar-refractivity contribution in [3.8, 4) is 5.88 Å². The predicted molar refractivity (Wildman–Crippen MR) is 71.7 cm³/mol. The molecule has 6 heteroatoms.